The Morgan fingerprint density at radius 1 is 1.26 bits per heavy atom. The van der Waals surface area contributed by atoms with Gasteiger partial charge in [0.1, 0.15) is 11.9 Å². The van der Waals surface area contributed by atoms with Gasteiger partial charge in [0, 0.05) is 46.9 Å². The third-order valence-corrected chi connectivity index (χ3v) is 10.0. The minimum atomic E-state index is -3.27. The molecule has 1 atom stereocenters. The molecule has 186 valence electrons. The molecule has 35 heavy (non-hydrogen) atoms. The van der Waals surface area contributed by atoms with Gasteiger partial charge in [-0.05, 0) is 37.8 Å². The molecule has 0 bridgehead atoms. The van der Waals surface area contributed by atoms with Crippen LogP contribution in [0.2, 0.25) is 5.02 Å². The number of nitrogens with zero attached hydrogens (tertiary/aromatic N) is 3. The summed E-state index contributed by atoms with van der Waals surface area (Å²) in [6.07, 6.45) is 4.16. The summed E-state index contributed by atoms with van der Waals surface area (Å²) in [7, 11) is -1.97. The van der Waals surface area contributed by atoms with Gasteiger partial charge in [-0.25, -0.2) is 26.9 Å². The summed E-state index contributed by atoms with van der Waals surface area (Å²) >= 11 is 7.78. The summed E-state index contributed by atoms with van der Waals surface area (Å²) in [6.45, 7) is 0.740. The summed E-state index contributed by atoms with van der Waals surface area (Å²) in [5.74, 6) is -0.735. The predicted octanol–water partition coefficient (Wildman–Crippen LogP) is 3.66. The van der Waals surface area contributed by atoms with Crippen LogP contribution in [0.1, 0.15) is 42.3 Å². The lowest BCUT2D eigenvalue weighted by Gasteiger charge is -2.36. The molecule has 1 aromatic carbocycles. The van der Waals surface area contributed by atoms with Gasteiger partial charge in [-0.15, -0.1) is 11.3 Å². The van der Waals surface area contributed by atoms with Crippen LogP contribution in [-0.4, -0.2) is 55.0 Å². The molecule has 0 spiro atoms. The molecule has 1 saturated heterocycles. The quantitative estimate of drug-likeness (QED) is 0.563. The van der Waals surface area contributed by atoms with Crippen molar-refractivity contribution in [2.24, 2.45) is 10.9 Å². The molecule has 3 aliphatic rings. The van der Waals surface area contributed by atoms with Gasteiger partial charge >= 0.3 is 5.97 Å². The van der Waals surface area contributed by atoms with Crippen molar-refractivity contribution in [2.45, 2.75) is 37.0 Å². The first kappa shape index (κ1) is 24.4. The maximum Gasteiger partial charge on any atom is 0.338 e. The standard InChI is InChI=1S/C23H24ClFN4O4S2/c1-33-23(30)18-19(13-6-9-29(10-7-13)35(31,32)15-3-4-15)27-21(22-26-8-11-34-22)28-20(18)16-5-2-14(25)12-17(16)24/h2,5,8,11-13,15,20H,3-4,6-7,9-10H2,1H3,(H,27,28). The number of nitrogens with one attached hydrogen (secondary N) is 1. The van der Waals surface area contributed by atoms with E-state index in [1.807, 2.05) is 5.38 Å². The minimum absolute atomic E-state index is 0.137. The molecule has 5 rings (SSSR count). The average molecular weight is 539 g/mol. The zero-order valence-electron chi connectivity index (χ0n) is 18.9. The van der Waals surface area contributed by atoms with Crippen LogP contribution < -0.4 is 5.32 Å². The minimum Gasteiger partial charge on any atom is -0.466 e. The number of carbonyl (C=O) groups is 1. The highest BCUT2D eigenvalue weighted by Gasteiger charge is 2.43. The summed E-state index contributed by atoms with van der Waals surface area (Å²) in [6, 6.07) is 3.14. The molecule has 0 radical (unpaired) electrons. The maximum absolute atomic E-state index is 13.8. The van der Waals surface area contributed by atoms with Crippen LogP contribution in [0.5, 0.6) is 0 Å². The van der Waals surface area contributed by atoms with Gasteiger partial charge in [-0.1, -0.05) is 17.7 Å². The van der Waals surface area contributed by atoms with E-state index in [0.29, 0.717) is 48.0 Å². The van der Waals surface area contributed by atoms with Gasteiger partial charge in [-0.3, -0.25) is 4.99 Å². The normalized spacial score (nSPS) is 22.0. The van der Waals surface area contributed by atoms with Crippen molar-refractivity contribution in [1.29, 1.82) is 0 Å². The van der Waals surface area contributed by atoms with Crippen LogP contribution in [0.4, 0.5) is 4.39 Å². The molecule has 1 N–H and O–H groups in total. The van der Waals surface area contributed by atoms with Crippen molar-refractivity contribution >= 4 is 44.8 Å². The fourth-order valence-electron chi connectivity index (χ4n) is 4.59. The van der Waals surface area contributed by atoms with Gasteiger partial charge in [0.2, 0.25) is 10.0 Å². The molecule has 8 nitrogen and oxygen atoms in total. The molecule has 3 heterocycles. The third kappa shape index (κ3) is 4.74. The number of sulfonamides is 1. The number of ether oxygens (including phenoxy) is 1. The fraction of sp³-hybridized carbons (Fsp3) is 0.435. The number of esters is 1. The van der Waals surface area contributed by atoms with Crippen LogP contribution in [-0.2, 0) is 19.6 Å². The van der Waals surface area contributed by atoms with Crippen molar-refractivity contribution < 1.29 is 22.3 Å². The smallest absolute Gasteiger partial charge is 0.338 e. The highest BCUT2D eigenvalue weighted by molar-refractivity contribution is 7.90. The van der Waals surface area contributed by atoms with E-state index in [1.54, 1.807) is 10.5 Å². The zero-order chi connectivity index (χ0) is 24.7. The van der Waals surface area contributed by atoms with E-state index in [1.165, 1.54) is 36.6 Å². The second-order valence-electron chi connectivity index (χ2n) is 8.74. The lowest BCUT2D eigenvalue weighted by Crippen LogP contribution is -2.44. The van der Waals surface area contributed by atoms with Crippen LogP contribution in [0, 0.1) is 11.7 Å². The van der Waals surface area contributed by atoms with Gasteiger partial charge in [-0.2, -0.15) is 0 Å². The van der Waals surface area contributed by atoms with Crippen LogP contribution in [0.3, 0.4) is 0 Å². The number of thiazole rings is 1. The highest BCUT2D eigenvalue weighted by Crippen LogP contribution is 2.41. The first-order chi connectivity index (χ1) is 16.8. The average Bonchev–Trinajstić information content (AvgIpc) is 3.58. The van der Waals surface area contributed by atoms with Crippen LogP contribution >= 0.6 is 22.9 Å². The Morgan fingerprint density at radius 3 is 2.60 bits per heavy atom. The van der Waals surface area contributed by atoms with E-state index >= 15 is 0 Å². The number of allylic oxidation sites excluding steroid dienone is 1. The number of rotatable bonds is 6. The second kappa shape index (κ2) is 9.61. The largest absolute Gasteiger partial charge is 0.466 e. The molecule has 2 aliphatic heterocycles. The Balaban J connectivity index is 1.54. The number of halogens is 2. The van der Waals surface area contributed by atoms with E-state index in [2.05, 4.69) is 10.3 Å². The van der Waals surface area contributed by atoms with E-state index in [0.717, 1.165) is 12.8 Å². The number of piperidine rings is 1. The fourth-order valence-corrected chi connectivity index (χ4v) is 7.33. The van der Waals surface area contributed by atoms with Crippen molar-refractivity contribution in [2.75, 3.05) is 20.2 Å². The summed E-state index contributed by atoms with van der Waals surface area (Å²) in [5.41, 5.74) is 1.37. The number of benzene rings is 1. The van der Waals surface area contributed by atoms with Gasteiger partial charge < -0.3 is 10.1 Å². The molecule has 2 fully saturated rings. The number of carbonyl (C=O) groups excluding carboxylic acids is 1. The van der Waals surface area contributed by atoms with E-state index < -0.39 is 27.9 Å². The monoisotopic (exact) mass is 538 g/mol. The molecule has 1 aromatic heterocycles. The Labute approximate surface area is 211 Å². The predicted molar refractivity (Wildman–Crippen MR) is 131 cm³/mol. The molecule has 1 saturated carbocycles. The van der Waals surface area contributed by atoms with Gasteiger partial charge in [0.15, 0.2) is 10.8 Å². The SMILES string of the molecule is COC(=O)C1=C(C2CCN(S(=O)(=O)C3CC3)CC2)NC(c2nccs2)=NC1c1ccc(F)cc1Cl. The molecule has 2 aromatic rings. The number of methoxy groups -OCH3 is 1. The van der Waals surface area contributed by atoms with Crippen LogP contribution in [0.15, 0.2) is 46.0 Å². The van der Waals surface area contributed by atoms with Gasteiger partial charge in [0.25, 0.3) is 0 Å². The molecule has 1 aliphatic carbocycles. The first-order valence-corrected chi connectivity index (χ1v) is 14.1. The van der Waals surface area contributed by atoms with E-state index in [9.17, 15) is 17.6 Å². The Morgan fingerprint density at radius 2 is 2.00 bits per heavy atom. The summed E-state index contributed by atoms with van der Waals surface area (Å²) < 4.78 is 45.9. The van der Waals surface area contributed by atoms with Gasteiger partial charge in [0.05, 0.1) is 17.9 Å². The first-order valence-electron chi connectivity index (χ1n) is 11.3. The second-order valence-corrected chi connectivity index (χ2v) is 12.3. The lowest BCUT2D eigenvalue weighted by molar-refractivity contribution is -0.136. The summed E-state index contributed by atoms with van der Waals surface area (Å²) in [4.78, 5) is 22.2. The number of amidine groups is 1. The Bertz CT molecular complexity index is 1300. The Kier molecular flexibility index (Phi) is 6.69. The van der Waals surface area contributed by atoms with Crippen molar-refractivity contribution in [3.63, 3.8) is 0 Å². The van der Waals surface area contributed by atoms with Crippen LogP contribution in [0.25, 0.3) is 0 Å². The third-order valence-electron chi connectivity index (χ3n) is 6.54. The van der Waals surface area contributed by atoms with Crippen molar-refractivity contribution in [3.8, 4) is 0 Å². The molecule has 12 heteroatoms. The number of aromatic nitrogens is 1. The highest BCUT2D eigenvalue weighted by atomic mass is 35.5. The maximum atomic E-state index is 13.8. The Hall–Kier alpha value is -2.34. The van der Waals surface area contributed by atoms with E-state index in [-0.39, 0.29) is 21.8 Å². The number of hydrogen-bond donors (Lipinski definition) is 1. The summed E-state index contributed by atoms with van der Waals surface area (Å²) in [5, 5.41) is 5.63. The zero-order valence-corrected chi connectivity index (χ0v) is 21.3. The molecule has 0 amide bonds. The van der Waals surface area contributed by atoms with Crippen molar-refractivity contribution in [1.82, 2.24) is 14.6 Å². The molecular formula is C23H24ClFN4O4S2. The number of aliphatic imine (C=N–C) groups is 1. The number of hydrogen-bond acceptors (Lipinski definition) is 8. The molecule has 1 unspecified atom stereocenters. The lowest BCUT2D eigenvalue weighted by atomic mass is 9.86. The van der Waals surface area contributed by atoms with E-state index in [4.69, 9.17) is 21.3 Å². The van der Waals surface area contributed by atoms with Crippen molar-refractivity contribution in [3.05, 3.63) is 62.5 Å². The molecular weight excluding hydrogens is 515 g/mol. The topological polar surface area (TPSA) is 101 Å².